The van der Waals surface area contributed by atoms with E-state index in [0.29, 0.717) is 13.1 Å². The highest BCUT2D eigenvalue weighted by molar-refractivity contribution is 5.99. The topological polar surface area (TPSA) is 128 Å². The maximum Gasteiger partial charge on any atom is 0.326 e. The molecule has 10 nitrogen and oxygen atoms in total. The van der Waals surface area contributed by atoms with E-state index in [-0.39, 0.29) is 35.3 Å². The summed E-state index contributed by atoms with van der Waals surface area (Å²) in [6, 6.07) is 5.61. The minimum atomic E-state index is -1.04. The van der Waals surface area contributed by atoms with E-state index in [1.165, 1.54) is 18.3 Å². The molecule has 2 aromatic rings. The number of amides is 3. The largest absolute Gasteiger partial charge is 0.461 e. The first-order valence-electron chi connectivity index (χ1n) is 8.99. The molecule has 3 amide bonds. The predicted molar refractivity (Wildman–Crippen MR) is 104 cm³/mol. The van der Waals surface area contributed by atoms with Gasteiger partial charge < -0.3 is 25.3 Å². The number of hydrogen-bond donors (Lipinski definition) is 4. The van der Waals surface area contributed by atoms with Gasteiger partial charge in [0.15, 0.2) is 0 Å². The highest BCUT2D eigenvalue weighted by atomic mass is 19.1. The smallest absolute Gasteiger partial charge is 0.326 e. The van der Waals surface area contributed by atoms with Crippen LogP contribution in [0.3, 0.4) is 0 Å². The molecule has 0 radical (unpaired) electrons. The van der Waals surface area contributed by atoms with Gasteiger partial charge in [-0.15, -0.1) is 0 Å². The number of aromatic amines is 1. The highest BCUT2D eigenvalue weighted by Gasteiger charge is 2.18. The molecule has 0 unspecified atom stereocenters. The molecule has 1 aromatic heterocycles. The van der Waals surface area contributed by atoms with Gasteiger partial charge in [-0.3, -0.25) is 14.9 Å². The third kappa shape index (κ3) is 5.51. The van der Waals surface area contributed by atoms with E-state index in [0.717, 1.165) is 13.1 Å². The van der Waals surface area contributed by atoms with Crippen LogP contribution in [-0.2, 0) is 11.2 Å². The van der Waals surface area contributed by atoms with Crippen LogP contribution in [0.5, 0.6) is 5.75 Å². The van der Waals surface area contributed by atoms with Gasteiger partial charge in [-0.2, -0.15) is 4.98 Å². The minimum absolute atomic E-state index is 0.0667. The summed E-state index contributed by atoms with van der Waals surface area (Å²) in [4.78, 5) is 44.7. The number of benzene rings is 1. The first kappa shape index (κ1) is 20.3. The first-order valence-corrected chi connectivity index (χ1v) is 8.99. The maximum absolute atomic E-state index is 12.4. The van der Waals surface area contributed by atoms with E-state index < -0.39 is 18.5 Å². The van der Waals surface area contributed by atoms with Gasteiger partial charge in [-0.05, 0) is 12.1 Å². The summed E-state index contributed by atoms with van der Waals surface area (Å²) in [5.74, 6) is -0.0788. The summed E-state index contributed by atoms with van der Waals surface area (Å²) in [7, 11) is 0. The fraction of sp³-hybridized carbons (Fsp3) is 0.333. The van der Waals surface area contributed by atoms with E-state index in [1.807, 2.05) is 0 Å². The van der Waals surface area contributed by atoms with Crippen molar-refractivity contribution < 1.29 is 18.7 Å². The second-order valence-electron chi connectivity index (χ2n) is 6.22. The first-order chi connectivity index (χ1) is 14.1. The molecule has 29 heavy (non-hydrogen) atoms. The van der Waals surface area contributed by atoms with E-state index >= 15 is 0 Å². The van der Waals surface area contributed by atoms with Crippen molar-refractivity contribution in [3.63, 3.8) is 0 Å². The van der Waals surface area contributed by atoms with Gasteiger partial charge >= 0.3 is 6.03 Å². The number of carbonyl (C=O) groups excluding carboxylic acids is 2. The number of aromatic nitrogens is 2. The summed E-state index contributed by atoms with van der Waals surface area (Å²) in [5, 5.41) is 8.01. The average molecular weight is 404 g/mol. The number of carbonyl (C=O) groups is 2. The summed E-state index contributed by atoms with van der Waals surface area (Å²) in [5.41, 5.74) is -0.145. The van der Waals surface area contributed by atoms with E-state index in [2.05, 4.69) is 25.9 Å². The van der Waals surface area contributed by atoms with Gasteiger partial charge in [-0.25, -0.2) is 9.18 Å². The molecular weight excluding hydrogens is 383 g/mol. The lowest BCUT2D eigenvalue weighted by Gasteiger charge is -2.27. The molecule has 1 aromatic carbocycles. The molecule has 2 heterocycles. The van der Waals surface area contributed by atoms with Crippen LogP contribution < -0.4 is 26.2 Å². The van der Waals surface area contributed by atoms with Crippen LogP contribution in [0.2, 0.25) is 0 Å². The number of hydrogen-bond acceptors (Lipinski definition) is 6. The third-order valence-electron chi connectivity index (χ3n) is 4.26. The van der Waals surface area contributed by atoms with Crippen LogP contribution >= 0.6 is 0 Å². The number of H-pyrrole nitrogens is 1. The summed E-state index contributed by atoms with van der Waals surface area (Å²) < 4.78 is 17.2. The number of alkyl halides is 1. The summed E-state index contributed by atoms with van der Waals surface area (Å²) >= 11 is 0. The standard InChI is InChI=1S/C18H21FN6O4/c19-11-29-14-4-2-1-3-13(14)22-18(28)24-17-21-10-12(16(27)23-17)9-15(26)25-7-5-20-6-8-25/h1-4,10,20H,5-9,11H2,(H3,21,22,23,24,27,28). The molecule has 3 rings (SSSR count). The molecule has 1 fully saturated rings. The average Bonchev–Trinajstić information content (AvgIpc) is 2.72. The van der Waals surface area contributed by atoms with Crippen molar-refractivity contribution in [1.29, 1.82) is 0 Å². The third-order valence-corrected chi connectivity index (χ3v) is 4.26. The molecule has 1 aliphatic heterocycles. The predicted octanol–water partition coefficient (Wildman–Crippen LogP) is 0.694. The highest BCUT2D eigenvalue weighted by Crippen LogP contribution is 2.23. The fourth-order valence-corrected chi connectivity index (χ4v) is 2.82. The summed E-state index contributed by atoms with van der Waals surface area (Å²) in [6.45, 7) is 1.59. The Labute approximate surface area is 165 Å². The Balaban J connectivity index is 1.60. The van der Waals surface area contributed by atoms with Crippen molar-refractivity contribution in [3.8, 4) is 5.75 Å². The van der Waals surface area contributed by atoms with Crippen LogP contribution in [-0.4, -0.2) is 59.8 Å². The van der Waals surface area contributed by atoms with Gasteiger partial charge in [-0.1, -0.05) is 12.1 Å². The number of anilines is 2. The lowest BCUT2D eigenvalue weighted by Crippen LogP contribution is -2.47. The second-order valence-corrected chi connectivity index (χ2v) is 6.22. The Bertz CT molecular complexity index is 929. The van der Waals surface area contributed by atoms with Crippen LogP contribution in [0.4, 0.5) is 20.8 Å². The number of para-hydroxylation sites is 2. The number of ether oxygens (including phenoxy) is 1. The molecule has 0 spiro atoms. The zero-order chi connectivity index (χ0) is 20.6. The molecule has 0 atom stereocenters. The Kier molecular flexibility index (Phi) is 6.74. The fourth-order valence-electron chi connectivity index (χ4n) is 2.82. The normalized spacial score (nSPS) is 13.6. The molecular formula is C18H21FN6O4. The van der Waals surface area contributed by atoms with Crippen LogP contribution in [0, 0.1) is 0 Å². The van der Waals surface area contributed by atoms with Crippen molar-refractivity contribution in [2.24, 2.45) is 0 Å². The number of nitrogens with zero attached hydrogens (tertiary/aromatic N) is 2. The number of halogens is 1. The maximum atomic E-state index is 12.4. The molecule has 154 valence electrons. The zero-order valence-corrected chi connectivity index (χ0v) is 15.5. The van der Waals surface area contributed by atoms with Gasteiger partial charge in [0.25, 0.3) is 5.56 Å². The molecule has 0 saturated carbocycles. The van der Waals surface area contributed by atoms with E-state index in [1.54, 1.807) is 17.0 Å². The van der Waals surface area contributed by atoms with E-state index in [4.69, 9.17) is 4.74 Å². The molecule has 11 heteroatoms. The minimum Gasteiger partial charge on any atom is -0.461 e. The number of nitrogens with one attached hydrogen (secondary N) is 4. The Morgan fingerprint density at radius 2 is 1.97 bits per heavy atom. The lowest BCUT2D eigenvalue weighted by molar-refractivity contribution is -0.131. The molecule has 0 aliphatic carbocycles. The summed E-state index contributed by atoms with van der Waals surface area (Å²) in [6.07, 6.45) is 1.29. The van der Waals surface area contributed by atoms with Crippen LogP contribution in [0.1, 0.15) is 5.56 Å². The van der Waals surface area contributed by atoms with Crippen molar-refractivity contribution in [2.75, 3.05) is 43.7 Å². The van der Waals surface area contributed by atoms with Gasteiger partial charge in [0, 0.05) is 37.9 Å². The monoisotopic (exact) mass is 404 g/mol. The molecule has 0 bridgehead atoms. The van der Waals surface area contributed by atoms with Crippen LogP contribution in [0.25, 0.3) is 0 Å². The molecule has 4 N–H and O–H groups in total. The Morgan fingerprint density at radius 1 is 1.21 bits per heavy atom. The zero-order valence-electron chi connectivity index (χ0n) is 15.5. The number of piperazine rings is 1. The van der Waals surface area contributed by atoms with Crippen molar-refractivity contribution >= 4 is 23.6 Å². The van der Waals surface area contributed by atoms with Crippen molar-refractivity contribution in [3.05, 3.63) is 46.4 Å². The van der Waals surface area contributed by atoms with Crippen LogP contribution in [0.15, 0.2) is 35.3 Å². The van der Waals surface area contributed by atoms with Crippen molar-refractivity contribution in [2.45, 2.75) is 6.42 Å². The van der Waals surface area contributed by atoms with E-state index in [9.17, 15) is 18.8 Å². The Hall–Kier alpha value is -3.47. The lowest BCUT2D eigenvalue weighted by atomic mass is 10.2. The Morgan fingerprint density at radius 3 is 2.69 bits per heavy atom. The quantitative estimate of drug-likeness (QED) is 0.561. The second kappa shape index (κ2) is 9.64. The number of urea groups is 1. The van der Waals surface area contributed by atoms with Gasteiger partial charge in [0.2, 0.25) is 18.7 Å². The molecule has 1 saturated heterocycles. The van der Waals surface area contributed by atoms with Gasteiger partial charge in [0.1, 0.15) is 5.75 Å². The van der Waals surface area contributed by atoms with Gasteiger partial charge in [0.05, 0.1) is 12.1 Å². The molecule has 1 aliphatic rings. The van der Waals surface area contributed by atoms with Crippen molar-refractivity contribution in [1.82, 2.24) is 20.2 Å². The SMILES string of the molecule is O=C(Nc1nc(=O)c(CC(=O)N2CCNCC2)c[nH]1)Nc1ccccc1OCF. The number of rotatable bonds is 6.